The largest absolute Gasteiger partial charge is 0.382 e. The maximum Gasteiger partial charge on any atom is 0.178 e. The minimum Gasteiger partial charge on any atom is -0.382 e. The summed E-state index contributed by atoms with van der Waals surface area (Å²) in [6, 6.07) is 16.1. The van der Waals surface area contributed by atoms with Crippen molar-refractivity contribution in [1.29, 1.82) is 0 Å². The number of aryl methyl sites for hydroxylation is 1. The Kier molecular flexibility index (Phi) is 4.00. The number of benzene rings is 2. The Balaban J connectivity index is 1.58. The van der Waals surface area contributed by atoms with Crippen LogP contribution >= 0.6 is 0 Å². The molecule has 0 unspecified atom stereocenters. The van der Waals surface area contributed by atoms with Crippen LogP contribution < -0.4 is 10.2 Å². The lowest BCUT2D eigenvalue weighted by Gasteiger charge is -2.34. The van der Waals surface area contributed by atoms with E-state index in [1.165, 1.54) is 11.3 Å². The molecule has 1 saturated heterocycles. The van der Waals surface area contributed by atoms with E-state index in [1.54, 1.807) is 12.1 Å². The molecule has 2 aromatic carbocycles. The molecule has 0 spiro atoms. The first-order valence-corrected chi connectivity index (χ1v) is 7.56. The normalized spacial score (nSPS) is 16.0. The van der Waals surface area contributed by atoms with Gasteiger partial charge in [0, 0.05) is 30.5 Å². The van der Waals surface area contributed by atoms with Gasteiger partial charge < -0.3 is 10.2 Å². The zero-order valence-corrected chi connectivity index (χ0v) is 12.4. The second kappa shape index (κ2) is 6.08. The SMILES string of the molecule is Cc1ccccc1NC1CCN(c2ccc([O])cc2)CC1. The van der Waals surface area contributed by atoms with Gasteiger partial charge in [0.05, 0.1) is 0 Å². The first-order valence-electron chi connectivity index (χ1n) is 7.56. The lowest BCUT2D eigenvalue weighted by Crippen LogP contribution is -2.39. The van der Waals surface area contributed by atoms with Crippen molar-refractivity contribution < 1.29 is 5.11 Å². The van der Waals surface area contributed by atoms with Crippen molar-refractivity contribution in [3.05, 3.63) is 54.1 Å². The minimum absolute atomic E-state index is 0.0786. The number of hydrogen-bond donors (Lipinski definition) is 1. The highest BCUT2D eigenvalue weighted by molar-refractivity contribution is 5.52. The van der Waals surface area contributed by atoms with Crippen LogP contribution in [-0.2, 0) is 5.11 Å². The number of para-hydroxylation sites is 1. The molecule has 1 heterocycles. The fraction of sp³-hybridized carbons (Fsp3) is 0.333. The molecule has 0 amide bonds. The molecule has 3 heteroatoms. The summed E-state index contributed by atoms with van der Waals surface area (Å²) in [5.41, 5.74) is 3.70. The van der Waals surface area contributed by atoms with Gasteiger partial charge in [-0.3, -0.25) is 5.11 Å². The quantitative estimate of drug-likeness (QED) is 0.914. The second-order valence-corrected chi connectivity index (χ2v) is 5.71. The van der Waals surface area contributed by atoms with Gasteiger partial charge in [0.15, 0.2) is 5.75 Å². The van der Waals surface area contributed by atoms with E-state index in [1.807, 2.05) is 12.1 Å². The van der Waals surface area contributed by atoms with Crippen LogP contribution in [0.2, 0.25) is 0 Å². The Hall–Kier alpha value is -2.16. The van der Waals surface area contributed by atoms with Gasteiger partial charge in [0.25, 0.3) is 0 Å². The molecule has 3 nitrogen and oxygen atoms in total. The van der Waals surface area contributed by atoms with Crippen LogP contribution in [0.1, 0.15) is 18.4 Å². The summed E-state index contributed by atoms with van der Waals surface area (Å²) in [4.78, 5) is 2.36. The molecule has 1 aliphatic rings. The number of anilines is 2. The molecule has 0 aromatic heterocycles. The average Bonchev–Trinajstić information content (AvgIpc) is 2.51. The van der Waals surface area contributed by atoms with Gasteiger partial charge in [-0.25, -0.2) is 0 Å². The number of hydrogen-bond acceptors (Lipinski definition) is 2. The fourth-order valence-electron chi connectivity index (χ4n) is 2.89. The lowest BCUT2D eigenvalue weighted by molar-refractivity contribution is 0.355. The van der Waals surface area contributed by atoms with Gasteiger partial charge in [-0.15, -0.1) is 0 Å². The van der Waals surface area contributed by atoms with Crippen molar-refractivity contribution in [2.45, 2.75) is 25.8 Å². The smallest absolute Gasteiger partial charge is 0.178 e. The van der Waals surface area contributed by atoms with E-state index < -0.39 is 0 Å². The fourth-order valence-corrected chi connectivity index (χ4v) is 2.89. The number of rotatable bonds is 3. The predicted octanol–water partition coefficient (Wildman–Crippen LogP) is 4.22. The van der Waals surface area contributed by atoms with Gasteiger partial charge in [-0.05, 0) is 55.7 Å². The van der Waals surface area contributed by atoms with Crippen LogP contribution in [0.4, 0.5) is 11.4 Å². The molecule has 1 radical (unpaired) electrons. The molecule has 0 atom stereocenters. The van der Waals surface area contributed by atoms with Crippen molar-refractivity contribution in [3.63, 3.8) is 0 Å². The van der Waals surface area contributed by atoms with Crippen LogP contribution in [-0.4, -0.2) is 19.1 Å². The van der Waals surface area contributed by atoms with Gasteiger partial charge in [-0.2, -0.15) is 0 Å². The molecule has 2 aromatic rings. The Morgan fingerprint density at radius 3 is 2.33 bits per heavy atom. The highest BCUT2D eigenvalue weighted by Gasteiger charge is 2.19. The second-order valence-electron chi connectivity index (χ2n) is 5.71. The van der Waals surface area contributed by atoms with Crippen molar-refractivity contribution in [3.8, 4) is 5.75 Å². The van der Waals surface area contributed by atoms with Crippen LogP contribution in [0.15, 0.2) is 48.5 Å². The van der Waals surface area contributed by atoms with E-state index in [4.69, 9.17) is 0 Å². The summed E-state index contributed by atoms with van der Waals surface area (Å²) in [6.07, 6.45) is 2.24. The van der Waals surface area contributed by atoms with E-state index >= 15 is 0 Å². The maximum atomic E-state index is 11.2. The molecule has 3 rings (SSSR count). The minimum atomic E-state index is 0.0786. The highest BCUT2D eigenvalue weighted by atomic mass is 16.3. The van der Waals surface area contributed by atoms with Crippen LogP contribution in [0, 0.1) is 6.92 Å². The lowest BCUT2D eigenvalue weighted by atomic mass is 10.0. The number of nitrogens with zero attached hydrogens (tertiary/aromatic N) is 1. The van der Waals surface area contributed by atoms with Crippen LogP contribution in [0.5, 0.6) is 5.75 Å². The molecule has 0 aliphatic carbocycles. The van der Waals surface area contributed by atoms with Crippen molar-refractivity contribution in [2.75, 3.05) is 23.3 Å². The molecule has 1 fully saturated rings. The molecule has 1 N–H and O–H groups in total. The van der Waals surface area contributed by atoms with E-state index in [2.05, 4.69) is 41.4 Å². The van der Waals surface area contributed by atoms with Gasteiger partial charge in [0.1, 0.15) is 0 Å². The van der Waals surface area contributed by atoms with Crippen LogP contribution in [0.3, 0.4) is 0 Å². The maximum absolute atomic E-state index is 11.2. The molecule has 21 heavy (non-hydrogen) atoms. The summed E-state index contributed by atoms with van der Waals surface area (Å²) in [5, 5.41) is 14.8. The number of nitrogens with one attached hydrogen (secondary N) is 1. The standard InChI is InChI=1S/C18H21N2O/c1-14-4-2-3-5-18(14)19-15-10-12-20(13-11-15)16-6-8-17(21)9-7-16/h2-9,15,19H,10-13H2,1H3. The molecule has 0 saturated carbocycles. The van der Waals surface area contributed by atoms with E-state index in [-0.39, 0.29) is 5.75 Å². The first-order chi connectivity index (χ1) is 10.2. The number of piperidine rings is 1. The van der Waals surface area contributed by atoms with E-state index in [0.717, 1.165) is 31.6 Å². The highest BCUT2D eigenvalue weighted by Crippen LogP contribution is 2.24. The van der Waals surface area contributed by atoms with Crippen molar-refractivity contribution in [2.24, 2.45) is 0 Å². The monoisotopic (exact) mass is 281 g/mol. The summed E-state index contributed by atoms with van der Waals surface area (Å²) in [6.45, 7) is 4.20. The van der Waals surface area contributed by atoms with E-state index in [9.17, 15) is 5.11 Å². The Morgan fingerprint density at radius 2 is 1.67 bits per heavy atom. The molecular weight excluding hydrogens is 260 g/mol. The van der Waals surface area contributed by atoms with Crippen LogP contribution in [0.25, 0.3) is 0 Å². The Bertz CT molecular complexity index is 586. The summed E-state index contributed by atoms with van der Waals surface area (Å²) in [7, 11) is 0. The zero-order valence-electron chi connectivity index (χ0n) is 12.4. The van der Waals surface area contributed by atoms with E-state index in [0.29, 0.717) is 6.04 Å². The third-order valence-corrected chi connectivity index (χ3v) is 4.20. The first kappa shape index (κ1) is 13.8. The average molecular weight is 281 g/mol. The Morgan fingerprint density at radius 1 is 1.00 bits per heavy atom. The molecular formula is C18H21N2O. The summed E-state index contributed by atoms with van der Waals surface area (Å²) < 4.78 is 0. The third-order valence-electron chi connectivity index (χ3n) is 4.20. The summed E-state index contributed by atoms with van der Waals surface area (Å²) >= 11 is 0. The van der Waals surface area contributed by atoms with Gasteiger partial charge in [0.2, 0.25) is 0 Å². The molecule has 0 bridgehead atoms. The zero-order chi connectivity index (χ0) is 14.7. The molecule has 1 aliphatic heterocycles. The van der Waals surface area contributed by atoms with Crippen molar-refractivity contribution in [1.82, 2.24) is 0 Å². The summed E-state index contributed by atoms with van der Waals surface area (Å²) in [5.74, 6) is 0.0786. The predicted molar refractivity (Wildman–Crippen MR) is 86.6 cm³/mol. The van der Waals surface area contributed by atoms with Crippen molar-refractivity contribution >= 4 is 11.4 Å². The Labute approximate surface area is 126 Å². The van der Waals surface area contributed by atoms with Gasteiger partial charge in [-0.1, -0.05) is 18.2 Å². The third kappa shape index (κ3) is 3.30. The topological polar surface area (TPSA) is 35.2 Å². The van der Waals surface area contributed by atoms with Gasteiger partial charge >= 0.3 is 0 Å². The molecule has 109 valence electrons.